The van der Waals surface area contributed by atoms with Gasteiger partial charge in [-0.3, -0.25) is 4.68 Å². The van der Waals surface area contributed by atoms with E-state index < -0.39 is 0 Å². The van der Waals surface area contributed by atoms with Crippen LogP contribution in [-0.2, 0) is 13.2 Å². The van der Waals surface area contributed by atoms with Crippen molar-refractivity contribution in [2.45, 2.75) is 40.3 Å². The lowest BCUT2D eigenvalue weighted by Crippen LogP contribution is -2.03. The first-order chi connectivity index (χ1) is 6.56. The van der Waals surface area contributed by atoms with E-state index in [-0.39, 0.29) is 6.61 Å². The summed E-state index contributed by atoms with van der Waals surface area (Å²) < 4.78 is 1.77. The van der Waals surface area contributed by atoms with Crippen LogP contribution in [0.4, 0.5) is 0 Å². The van der Waals surface area contributed by atoms with Gasteiger partial charge in [-0.05, 0) is 19.3 Å². The van der Waals surface area contributed by atoms with Crippen LogP contribution in [0.1, 0.15) is 31.5 Å². The summed E-state index contributed by atoms with van der Waals surface area (Å²) in [5.41, 5.74) is 1.57. The van der Waals surface area contributed by atoms with E-state index in [1.807, 2.05) is 6.92 Å². The number of hydrogen-bond donors (Lipinski definition) is 1. The van der Waals surface area contributed by atoms with Gasteiger partial charge in [0.1, 0.15) is 5.15 Å². The predicted molar refractivity (Wildman–Crippen MR) is 57.4 cm³/mol. The van der Waals surface area contributed by atoms with Gasteiger partial charge in [-0.1, -0.05) is 25.4 Å². The first kappa shape index (κ1) is 11.5. The van der Waals surface area contributed by atoms with Gasteiger partial charge in [0, 0.05) is 12.1 Å². The van der Waals surface area contributed by atoms with Gasteiger partial charge in [-0.25, -0.2) is 0 Å². The summed E-state index contributed by atoms with van der Waals surface area (Å²) in [5.74, 6) is 0.633. The average molecular weight is 217 g/mol. The number of rotatable bonds is 4. The van der Waals surface area contributed by atoms with Crippen molar-refractivity contribution in [2.24, 2.45) is 5.92 Å². The highest BCUT2D eigenvalue weighted by molar-refractivity contribution is 6.30. The zero-order valence-corrected chi connectivity index (χ0v) is 9.67. The molecule has 0 aliphatic carbocycles. The molecule has 80 valence electrons. The fourth-order valence-corrected chi connectivity index (χ4v) is 1.62. The van der Waals surface area contributed by atoms with Gasteiger partial charge >= 0.3 is 0 Å². The molecule has 0 unspecified atom stereocenters. The molecule has 3 nitrogen and oxygen atoms in total. The van der Waals surface area contributed by atoms with Crippen LogP contribution in [0.5, 0.6) is 0 Å². The van der Waals surface area contributed by atoms with E-state index in [1.54, 1.807) is 4.68 Å². The molecule has 0 saturated carbocycles. The topological polar surface area (TPSA) is 38.0 Å². The van der Waals surface area contributed by atoms with E-state index in [4.69, 9.17) is 16.7 Å². The zero-order chi connectivity index (χ0) is 10.7. The van der Waals surface area contributed by atoms with E-state index in [1.165, 1.54) is 0 Å². The lowest BCUT2D eigenvalue weighted by Gasteiger charge is -2.05. The van der Waals surface area contributed by atoms with E-state index in [0.717, 1.165) is 24.2 Å². The van der Waals surface area contributed by atoms with Crippen LogP contribution in [0.15, 0.2) is 0 Å². The highest BCUT2D eigenvalue weighted by Crippen LogP contribution is 2.20. The summed E-state index contributed by atoms with van der Waals surface area (Å²) >= 11 is 6.05. The molecule has 0 fully saturated rings. The largest absolute Gasteiger partial charge is 0.391 e. The van der Waals surface area contributed by atoms with Crippen LogP contribution in [0, 0.1) is 12.8 Å². The van der Waals surface area contributed by atoms with Crippen molar-refractivity contribution < 1.29 is 5.11 Å². The number of aliphatic hydroxyl groups excluding tert-OH is 1. The molecule has 1 N–H and O–H groups in total. The molecule has 0 saturated heterocycles. The third-order valence-electron chi connectivity index (χ3n) is 2.26. The Morgan fingerprint density at radius 3 is 2.57 bits per heavy atom. The van der Waals surface area contributed by atoms with E-state index in [0.29, 0.717) is 11.1 Å². The summed E-state index contributed by atoms with van der Waals surface area (Å²) in [7, 11) is 0. The molecule has 14 heavy (non-hydrogen) atoms. The number of aryl methyl sites for hydroxylation is 2. The lowest BCUT2D eigenvalue weighted by atomic mass is 10.1. The molecule has 4 heteroatoms. The minimum Gasteiger partial charge on any atom is -0.391 e. The smallest absolute Gasteiger partial charge is 0.132 e. The van der Waals surface area contributed by atoms with Gasteiger partial charge in [0.05, 0.1) is 12.3 Å². The van der Waals surface area contributed by atoms with Crippen LogP contribution in [-0.4, -0.2) is 14.9 Å². The minimum absolute atomic E-state index is 0.0354. The second kappa shape index (κ2) is 4.80. The Labute approximate surface area is 89.7 Å². The second-order valence-electron chi connectivity index (χ2n) is 3.92. The SMILES string of the molecule is Cc1nn(CCC(C)C)c(Cl)c1CO. The Balaban J connectivity index is 2.78. The maximum atomic E-state index is 9.05. The number of nitrogens with zero attached hydrogens (tertiary/aromatic N) is 2. The molecule has 0 aliphatic rings. The van der Waals surface area contributed by atoms with Gasteiger partial charge in [0.2, 0.25) is 0 Å². The molecule has 1 heterocycles. The van der Waals surface area contributed by atoms with Gasteiger partial charge in [-0.2, -0.15) is 5.10 Å². The molecule has 0 amide bonds. The Hall–Kier alpha value is -0.540. The fourth-order valence-electron chi connectivity index (χ4n) is 1.30. The zero-order valence-electron chi connectivity index (χ0n) is 8.92. The molecule has 1 aromatic rings. The second-order valence-corrected chi connectivity index (χ2v) is 4.28. The molecule has 0 radical (unpaired) electrons. The third kappa shape index (κ3) is 2.49. The van der Waals surface area contributed by atoms with Crippen molar-refractivity contribution >= 4 is 11.6 Å². The average Bonchev–Trinajstić information content (AvgIpc) is 2.38. The van der Waals surface area contributed by atoms with Gasteiger partial charge in [0.15, 0.2) is 0 Å². The number of halogens is 1. The monoisotopic (exact) mass is 216 g/mol. The summed E-state index contributed by atoms with van der Waals surface area (Å²) in [4.78, 5) is 0. The van der Waals surface area contributed by atoms with Crippen molar-refractivity contribution in [2.75, 3.05) is 0 Å². The summed E-state index contributed by atoms with van der Waals surface area (Å²) in [6.07, 6.45) is 1.05. The minimum atomic E-state index is -0.0354. The standard InChI is InChI=1S/C10H17ClN2O/c1-7(2)4-5-13-10(11)9(6-14)8(3)12-13/h7,14H,4-6H2,1-3H3. The highest BCUT2D eigenvalue weighted by Gasteiger charge is 2.11. The summed E-state index contributed by atoms with van der Waals surface area (Å²) in [6, 6.07) is 0. The van der Waals surface area contributed by atoms with Crippen LogP contribution >= 0.6 is 11.6 Å². The first-order valence-corrected chi connectivity index (χ1v) is 5.26. The fraction of sp³-hybridized carbons (Fsp3) is 0.700. The van der Waals surface area contributed by atoms with E-state index >= 15 is 0 Å². The Bertz CT molecular complexity index is 307. The normalized spacial score (nSPS) is 11.3. The Morgan fingerprint density at radius 1 is 1.50 bits per heavy atom. The van der Waals surface area contributed by atoms with Crippen molar-refractivity contribution in [3.8, 4) is 0 Å². The molecule has 0 bridgehead atoms. The molecule has 0 aliphatic heterocycles. The van der Waals surface area contributed by atoms with Gasteiger partial charge in [-0.15, -0.1) is 0 Å². The van der Waals surface area contributed by atoms with Crippen LogP contribution in [0.25, 0.3) is 0 Å². The molecule has 0 aromatic carbocycles. The first-order valence-electron chi connectivity index (χ1n) is 4.89. The Kier molecular flexibility index (Phi) is 3.96. The van der Waals surface area contributed by atoms with Crippen LogP contribution in [0.2, 0.25) is 5.15 Å². The molecule has 1 rings (SSSR count). The predicted octanol–water partition coefficient (Wildman–Crippen LogP) is 2.38. The molecular formula is C10H17ClN2O. The summed E-state index contributed by atoms with van der Waals surface area (Å²) in [5, 5.41) is 13.9. The number of aromatic nitrogens is 2. The van der Waals surface area contributed by atoms with E-state index in [9.17, 15) is 0 Å². The van der Waals surface area contributed by atoms with Crippen molar-refractivity contribution in [3.05, 3.63) is 16.4 Å². The number of hydrogen-bond acceptors (Lipinski definition) is 2. The molecule has 0 atom stereocenters. The van der Waals surface area contributed by atoms with E-state index in [2.05, 4.69) is 18.9 Å². The maximum Gasteiger partial charge on any atom is 0.132 e. The van der Waals surface area contributed by atoms with Gasteiger partial charge in [0.25, 0.3) is 0 Å². The lowest BCUT2D eigenvalue weighted by molar-refractivity contribution is 0.281. The quantitative estimate of drug-likeness (QED) is 0.840. The maximum absolute atomic E-state index is 9.05. The van der Waals surface area contributed by atoms with Crippen LogP contribution in [0.3, 0.4) is 0 Å². The summed E-state index contributed by atoms with van der Waals surface area (Å²) in [6.45, 7) is 6.97. The third-order valence-corrected chi connectivity index (χ3v) is 2.68. The highest BCUT2D eigenvalue weighted by atomic mass is 35.5. The molecule has 0 spiro atoms. The van der Waals surface area contributed by atoms with Crippen molar-refractivity contribution in [3.63, 3.8) is 0 Å². The van der Waals surface area contributed by atoms with Crippen LogP contribution < -0.4 is 0 Å². The van der Waals surface area contributed by atoms with Crippen molar-refractivity contribution in [1.82, 2.24) is 9.78 Å². The molecule has 1 aromatic heterocycles. The van der Waals surface area contributed by atoms with Gasteiger partial charge < -0.3 is 5.11 Å². The number of aliphatic hydroxyl groups is 1. The Morgan fingerprint density at radius 2 is 2.14 bits per heavy atom. The molecular weight excluding hydrogens is 200 g/mol. The van der Waals surface area contributed by atoms with Crippen molar-refractivity contribution in [1.29, 1.82) is 0 Å².